The van der Waals surface area contributed by atoms with Crippen molar-refractivity contribution in [1.29, 1.82) is 0 Å². The van der Waals surface area contributed by atoms with Crippen LogP contribution in [0.25, 0.3) is 22.4 Å². The maximum Gasteiger partial charge on any atom is 0.257 e. The first-order chi connectivity index (χ1) is 12.6. The van der Waals surface area contributed by atoms with Gasteiger partial charge in [-0.15, -0.1) is 11.3 Å². The second-order valence-electron chi connectivity index (χ2n) is 5.88. The molecule has 2 aromatic heterocycles. The average Bonchev–Trinajstić information content (AvgIpc) is 3.27. The number of hydrogen-bond acceptors (Lipinski definition) is 5. The molecular weight excluding hydrogens is 348 g/mol. The van der Waals surface area contributed by atoms with Crippen LogP contribution in [0.4, 0.5) is 5.13 Å². The molecular formula is C20H16N2O3S. The Kier molecular flexibility index (Phi) is 4.18. The second kappa shape index (κ2) is 6.65. The number of benzene rings is 2. The van der Waals surface area contributed by atoms with Gasteiger partial charge in [-0.3, -0.25) is 10.1 Å². The molecule has 130 valence electrons. The molecule has 1 amide bonds. The van der Waals surface area contributed by atoms with E-state index in [1.807, 2.05) is 54.8 Å². The summed E-state index contributed by atoms with van der Waals surface area (Å²) >= 11 is 1.36. The topological polar surface area (TPSA) is 64.4 Å². The molecule has 0 atom stereocenters. The number of nitrogens with one attached hydrogen (secondary N) is 1. The van der Waals surface area contributed by atoms with Crippen LogP contribution in [-0.2, 0) is 0 Å². The number of thiazole rings is 1. The fourth-order valence-corrected chi connectivity index (χ4v) is 3.37. The van der Waals surface area contributed by atoms with Crippen molar-refractivity contribution in [3.63, 3.8) is 0 Å². The molecule has 0 radical (unpaired) electrons. The van der Waals surface area contributed by atoms with Crippen LogP contribution in [0.1, 0.15) is 15.9 Å². The van der Waals surface area contributed by atoms with Crippen molar-refractivity contribution in [2.45, 2.75) is 6.92 Å². The minimum Gasteiger partial charge on any atom is -0.497 e. The molecule has 2 heterocycles. The summed E-state index contributed by atoms with van der Waals surface area (Å²) in [6, 6.07) is 15.0. The average molecular weight is 364 g/mol. The first kappa shape index (κ1) is 16.4. The fourth-order valence-electron chi connectivity index (χ4n) is 2.67. The highest BCUT2D eigenvalue weighted by atomic mass is 32.1. The van der Waals surface area contributed by atoms with Crippen LogP contribution in [0, 0.1) is 6.92 Å². The highest BCUT2D eigenvalue weighted by Crippen LogP contribution is 2.32. The van der Waals surface area contributed by atoms with E-state index in [1.165, 1.54) is 11.3 Å². The van der Waals surface area contributed by atoms with Crippen LogP contribution in [0.2, 0.25) is 0 Å². The van der Waals surface area contributed by atoms with E-state index in [-0.39, 0.29) is 5.91 Å². The van der Waals surface area contributed by atoms with E-state index < -0.39 is 0 Å². The van der Waals surface area contributed by atoms with E-state index in [4.69, 9.17) is 9.15 Å². The number of nitrogens with zero attached hydrogens (tertiary/aromatic N) is 1. The molecule has 0 aliphatic rings. The zero-order chi connectivity index (χ0) is 18.1. The lowest BCUT2D eigenvalue weighted by Gasteiger charge is -2.02. The van der Waals surface area contributed by atoms with Crippen LogP contribution in [0.5, 0.6) is 5.75 Å². The molecule has 6 heteroatoms. The van der Waals surface area contributed by atoms with Crippen molar-refractivity contribution in [2.75, 3.05) is 12.4 Å². The van der Waals surface area contributed by atoms with E-state index in [0.717, 1.165) is 22.3 Å². The van der Waals surface area contributed by atoms with Gasteiger partial charge in [-0.05, 0) is 43.3 Å². The van der Waals surface area contributed by atoms with Crippen LogP contribution in [0.3, 0.4) is 0 Å². The number of fused-ring (bicyclic) bond motifs is 1. The van der Waals surface area contributed by atoms with Crippen LogP contribution in [-0.4, -0.2) is 18.0 Å². The van der Waals surface area contributed by atoms with Gasteiger partial charge in [0.2, 0.25) is 0 Å². The molecule has 0 unspecified atom stereocenters. The Balaban J connectivity index is 1.57. The number of rotatable bonds is 4. The van der Waals surface area contributed by atoms with Gasteiger partial charge in [0, 0.05) is 16.3 Å². The predicted octanol–water partition coefficient (Wildman–Crippen LogP) is 5.13. The van der Waals surface area contributed by atoms with Crippen molar-refractivity contribution in [3.8, 4) is 17.2 Å². The maximum absolute atomic E-state index is 12.3. The Morgan fingerprint density at radius 3 is 2.88 bits per heavy atom. The number of hydrogen-bond donors (Lipinski definition) is 1. The van der Waals surface area contributed by atoms with E-state index in [0.29, 0.717) is 22.1 Å². The van der Waals surface area contributed by atoms with Crippen molar-refractivity contribution >= 4 is 33.3 Å². The Morgan fingerprint density at radius 2 is 2.08 bits per heavy atom. The van der Waals surface area contributed by atoms with Crippen molar-refractivity contribution < 1.29 is 13.9 Å². The SMILES string of the molecule is COc1ccc2oc(-c3csc(NC(=O)c4cccc(C)c4)n3)cc2c1. The lowest BCUT2D eigenvalue weighted by Crippen LogP contribution is -2.11. The number of ether oxygens (including phenoxy) is 1. The van der Waals surface area contributed by atoms with Gasteiger partial charge >= 0.3 is 0 Å². The summed E-state index contributed by atoms with van der Waals surface area (Å²) in [4.78, 5) is 16.8. The van der Waals surface area contributed by atoms with Gasteiger partial charge < -0.3 is 9.15 Å². The molecule has 4 rings (SSSR count). The zero-order valence-electron chi connectivity index (χ0n) is 14.3. The third-order valence-electron chi connectivity index (χ3n) is 3.98. The molecule has 0 saturated heterocycles. The molecule has 4 aromatic rings. The number of anilines is 1. The summed E-state index contributed by atoms with van der Waals surface area (Å²) in [7, 11) is 1.63. The third kappa shape index (κ3) is 3.19. The van der Waals surface area contributed by atoms with E-state index in [9.17, 15) is 4.79 Å². The molecule has 0 saturated carbocycles. The van der Waals surface area contributed by atoms with Crippen LogP contribution in [0.15, 0.2) is 58.3 Å². The molecule has 0 spiro atoms. The predicted molar refractivity (Wildman–Crippen MR) is 103 cm³/mol. The van der Waals surface area contributed by atoms with Gasteiger partial charge in [-0.2, -0.15) is 0 Å². The van der Waals surface area contributed by atoms with Crippen molar-refractivity contribution in [3.05, 3.63) is 65.0 Å². The summed E-state index contributed by atoms with van der Waals surface area (Å²) in [6.45, 7) is 1.95. The van der Waals surface area contributed by atoms with Gasteiger partial charge in [0.25, 0.3) is 5.91 Å². The molecule has 26 heavy (non-hydrogen) atoms. The zero-order valence-corrected chi connectivity index (χ0v) is 15.1. The minimum atomic E-state index is -0.177. The number of amides is 1. The van der Waals surface area contributed by atoms with Gasteiger partial charge in [0.15, 0.2) is 10.9 Å². The largest absolute Gasteiger partial charge is 0.497 e. The van der Waals surface area contributed by atoms with Crippen molar-refractivity contribution in [2.24, 2.45) is 0 Å². The van der Waals surface area contributed by atoms with E-state index in [2.05, 4.69) is 10.3 Å². The summed E-state index contributed by atoms with van der Waals surface area (Å²) in [5, 5.41) is 6.17. The normalized spacial score (nSPS) is 10.8. The molecule has 2 aromatic carbocycles. The molecule has 0 bridgehead atoms. The maximum atomic E-state index is 12.3. The lowest BCUT2D eigenvalue weighted by atomic mass is 10.1. The Bertz CT molecular complexity index is 1100. The quantitative estimate of drug-likeness (QED) is 0.545. The Labute approximate surface area is 154 Å². The summed E-state index contributed by atoms with van der Waals surface area (Å²) in [5.74, 6) is 1.25. The molecule has 1 N–H and O–H groups in total. The highest BCUT2D eigenvalue weighted by Gasteiger charge is 2.13. The van der Waals surface area contributed by atoms with Crippen LogP contribution < -0.4 is 10.1 Å². The summed E-state index contributed by atoms with van der Waals surface area (Å²) in [5.41, 5.74) is 3.09. The molecule has 0 aliphatic heterocycles. The van der Waals surface area contributed by atoms with E-state index >= 15 is 0 Å². The fraction of sp³-hybridized carbons (Fsp3) is 0.100. The molecule has 0 fully saturated rings. The monoisotopic (exact) mass is 364 g/mol. The van der Waals surface area contributed by atoms with Gasteiger partial charge in [0.05, 0.1) is 7.11 Å². The van der Waals surface area contributed by atoms with Crippen LogP contribution >= 0.6 is 11.3 Å². The van der Waals surface area contributed by atoms with Gasteiger partial charge in [-0.25, -0.2) is 4.98 Å². The smallest absolute Gasteiger partial charge is 0.257 e. The van der Waals surface area contributed by atoms with Crippen molar-refractivity contribution in [1.82, 2.24) is 4.98 Å². The lowest BCUT2D eigenvalue weighted by molar-refractivity contribution is 0.102. The number of furan rings is 1. The Morgan fingerprint density at radius 1 is 1.19 bits per heavy atom. The number of carbonyl (C=O) groups is 1. The van der Waals surface area contributed by atoms with E-state index in [1.54, 1.807) is 13.2 Å². The number of aromatic nitrogens is 1. The summed E-state index contributed by atoms with van der Waals surface area (Å²) < 4.78 is 11.1. The first-order valence-corrected chi connectivity index (χ1v) is 8.92. The standard InChI is InChI=1S/C20H16N2O3S/c1-12-4-3-5-13(8-12)19(23)22-20-21-16(11-26-20)18-10-14-9-15(24-2)6-7-17(14)25-18/h3-11H,1-2H3,(H,21,22,23). The Hall–Kier alpha value is -3.12. The summed E-state index contributed by atoms with van der Waals surface area (Å²) in [6.07, 6.45) is 0. The second-order valence-corrected chi connectivity index (χ2v) is 6.73. The van der Waals surface area contributed by atoms with Gasteiger partial charge in [-0.1, -0.05) is 17.7 Å². The number of aryl methyl sites for hydroxylation is 1. The third-order valence-corrected chi connectivity index (χ3v) is 4.74. The van der Waals surface area contributed by atoms with Gasteiger partial charge in [0.1, 0.15) is 17.0 Å². The molecule has 0 aliphatic carbocycles. The molecule has 5 nitrogen and oxygen atoms in total. The minimum absolute atomic E-state index is 0.177. The first-order valence-electron chi connectivity index (χ1n) is 8.04. The number of carbonyl (C=O) groups excluding carboxylic acids is 1. The number of methoxy groups -OCH3 is 1. The highest BCUT2D eigenvalue weighted by molar-refractivity contribution is 7.14.